The van der Waals surface area contributed by atoms with Gasteiger partial charge in [-0.3, -0.25) is 14.4 Å². The monoisotopic (exact) mass is 407 g/mol. The molecule has 1 aromatic carbocycles. The summed E-state index contributed by atoms with van der Waals surface area (Å²) in [6, 6.07) is 9.59. The van der Waals surface area contributed by atoms with Crippen molar-refractivity contribution in [1.29, 1.82) is 0 Å². The molecule has 2 aliphatic rings. The minimum absolute atomic E-state index is 0.0225. The number of carbonyl (C=O) groups is 3. The first-order chi connectivity index (χ1) is 13.2. The molecule has 0 aliphatic carbocycles. The fourth-order valence-electron chi connectivity index (χ4n) is 3.73. The van der Waals surface area contributed by atoms with Gasteiger partial charge in [-0.25, -0.2) is 8.42 Å². The number of carbonyl (C=O) groups excluding carboxylic acids is 3. The normalized spacial score (nSPS) is 20.2. The maximum atomic E-state index is 13.3. The first-order valence-corrected chi connectivity index (χ1v) is 11.1. The first kappa shape index (κ1) is 20.3. The molecule has 0 bridgehead atoms. The largest absolute Gasteiger partial charge is 0.347 e. The molecule has 9 heteroatoms. The molecule has 152 valence electrons. The van der Waals surface area contributed by atoms with Gasteiger partial charge in [0.2, 0.25) is 17.7 Å². The number of hydrogen-bond donors (Lipinski definition) is 1. The van der Waals surface area contributed by atoms with Crippen molar-refractivity contribution >= 4 is 27.6 Å². The Labute approximate surface area is 164 Å². The molecule has 3 amide bonds. The van der Waals surface area contributed by atoms with E-state index in [2.05, 4.69) is 5.32 Å². The van der Waals surface area contributed by atoms with E-state index in [1.54, 1.807) is 9.80 Å². The molecule has 1 aromatic rings. The van der Waals surface area contributed by atoms with E-state index in [0.29, 0.717) is 6.42 Å². The number of likely N-dealkylation sites (tertiary alicyclic amines) is 1. The van der Waals surface area contributed by atoms with Crippen molar-refractivity contribution in [2.45, 2.75) is 13.3 Å². The topological polar surface area (TPSA) is 104 Å². The summed E-state index contributed by atoms with van der Waals surface area (Å²) in [5, 5.41) is 2.48. The molecule has 0 unspecified atom stereocenters. The van der Waals surface area contributed by atoms with Gasteiger partial charge in [-0.05, 0) is 12.0 Å². The molecule has 2 fully saturated rings. The second kappa shape index (κ2) is 7.90. The number of nitrogens with one attached hydrogen (secondary N) is 1. The first-order valence-electron chi connectivity index (χ1n) is 9.27. The smallest absolute Gasteiger partial charge is 0.242 e. The SMILES string of the molecule is CC(=O)NCC(=O)N1CC(Cc2ccccc2)(C(=O)N2CCS(=O)(=O)CC2)C1. The number of amides is 3. The van der Waals surface area contributed by atoms with Gasteiger partial charge < -0.3 is 15.1 Å². The van der Waals surface area contributed by atoms with Crippen LogP contribution in [0.2, 0.25) is 0 Å². The van der Waals surface area contributed by atoms with Crippen LogP contribution in [-0.4, -0.2) is 80.2 Å². The van der Waals surface area contributed by atoms with Crippen LogP contribution >= 0.6 is 0 Å². The van der Waals surface area contributed by atoms with Gasteiger partial charge in [-0.1, -0.05) is 30.3 Å². The lowest BCUT2D eigenvalue weighted by Crippen LogP contribution is -2.67. The van der Waals surface area contributed by atoms with Crippen LogP contribution in [-0.2, 0) is 30.6 Å². The summed E-state index contributed by atoms with van der Waals surface area (Å²) < 4.78 is 23.4. The van der Waals surface area contributed by atoms with Gasteiger partial charge >= 0.3 is 0 Å². The maximum absolute atomic E-state index is 13.3. The lowest BCUT2D eigenvalue weighted by Gasteiger charge is -2.51. The highest BCUT2D eigenvalue weighted by Crippen LogP contribution is 2.36. The summed E-state index contributed by atoms with van der Waals surface area (Å²) in [5.74, 6) is -0.658. The van der Waals surface area contributed by atoms with Crippen LogP contribution in [0.5, 0.6) is 0 Å². The standard InChI is InChI=1S/C19H25N3O5S/c1-15(23)20-12-17(24)22-13-19(14-22,11-16-5-3-2-4-6-16)18(25)21-7-9-28(26,27)10-8-21/h2-6H,7-14H2,1H3,(H,20,23). The van der Waals surface area contributed by atoms with E-state index in [-0.39, 0.29) is 62.0 Å². The second-order valence-corrected chi connectivity index (χ2v) is 9.85. The number of benzene rings is 1. The fourth-order valence-corrected chi connectivity index (χ4v) is 4.93. The van der Waals surface area contributed by atoms with E-state index in [0.717, 1.165) is 5.56 Å². The highest BCUT2D eigenvalue weighted by atomic mass is 32.2. The predicted octanol–water partition coefficient (Wildman–Crippen LogP) is -0.549. The van der Waals surface area contributed by atoms with Gasteiger partial charge in [0.05, 0.1) is 23.5 Å². The molecule has 0 saturated carbocycles. The molecule has 28 heavy (non-hydrogen) atoms. The molecule has 0 radical (unpaired) electrons. The quantitative estimate of drug-likeness (QED) is 0.705. The average Bonchev–Trinajstić information content (AvgIpc) is 2.62. The molecule has 1 N–H and O–H groups in total. The van der Waals surface area contributed by atoms with E-state index >= 15 is 0 Å². The Morgan fingerprint density at radius 2 is 1.64 bits per heavy atom. The molecule has 2 saturated heterocycles. The molecule has 0 atom stereocenters. The van der Waals surface area contributed by atoms with Crippen molar-refractivity contribution in [3.8, 4) is 0 Å². The van der Waals surface area contributed by atoms with Crippen molar-refractivity contribution in [1.82, 2.24) is 15.1 Å². The maximum Gasteiger partial charge on any atom is 0.242 e. The number of rotatable bonds is 5. The van der Waals surface area contributed by atoms with Crippen LogP contribution < -0.4 is 5.32 Å². The van der Waals surface area contributed by atoms with Gasteiger partial charge in [-0.15, -0.1) is 0 Å². The zero-order valence-corrected chi connectivity index (χ0v) is 16.7. The molecule has 0 aromatic heterocycles. The molecule has 2 heterocycles. The summed E-state index contributed by atoms with van der Waals surface area (Å²) in [6.07, 6.45) is 0.486. The molecule has 2 aliphatic heterocycles. The van der Waals surface area contributed by atoms with E-state index in [1.165, 1.54) is 6.92 Å². The molecule has 3 rings (SSSR count). The molecular formula is C19H25N3O5S. The Hall–Kier alpha value is -2.42. The van der Waals surface area contributed by atoms with Crippen molar-refractivity contribution in [3.63, 3.8) is 0 Å². The van der Waals surface area contributed by atoms with Crippen molar-refractivity contribution in [2.75, 3.05) is 44.2 Å². The summed E-state index contributed by atoms with van der Waals surface area (Å²) in [6.45, 7) is 2.17. The third kappa shape index (κ3) is 4.52. The lowest BCUT2D eigenvalue weighted by atomic mass is 9.73. The molecule has 0 spiro atoms. The van der Waals surface area contributed by atoms with Gasteiger partial charge in [0, 0.05) is 33.1 Å². The summed E-state index contributed by atoms with van der Waals surface area (Å²) in [5.41, 5.74) is 0.239. The predicted molar refractivity (Wildman–Crippen MR) is 103 cm³/mol. The summed E-state index contributed by atoms with van der Waals surface area (Å²) >= 11 is 0. The van der Waals surface area contributed by atoms with Crippen molar-refractivity contribution < 1.29 is 22.8 Å². The number of sulfone groups is 1. The van der Waals surface area contributed by atoms with Crippen molar-refractivity contribution in [2.24, 2.45) is 5.41 Å². The minimum atomic E-state index is -3.08. The van der Waals surface area contributed by atoms with E-state index < -0.39 is 15.3 Å². The van der Waals surface area contributed by atoms with Gasteiger partial charge in [0.1, 0.15) is 0 Å². The van der Waals surface area contributed by atoms with Crippen LogP contribution in [0.3, 0.4) is 0 Å². The summed E-state index contributed by atoms with van der Waals surface area (Å²) in [4.78, 5) is 39.7. The van der Waals surface area contributed by atoms with Gasteiger partial charge in [0.15, 0.2) is 9.84 Å². The van der Waals surface area contributed by atoms with Crippen LogP contribution in [0, 0.1) is 5.41 Å². The second-order valence-electron chi connectivity index (χ2n) is 7.55. The van der Waals surface area contributed by atoms with Crippen LogP contribution in [0.1, 0.15) is 12.5 Å². The van der Waals surface area contributed by atoms with Crippen LogP contribution in [0.25, 0.3) is 0 Å². The van der Waals surface area contributed by atoms with E-state index in [9.17, 15) is 22.8 Å². The Kier molecular flexibility index (Phi) is 5.74. The number of hydrogen-bond acceptors (Lipinski definition) is 5. The highest BCUT2D eigenvalue weighted by Gasteiger charge is 2.52. The third-order valence-electron chi connectivity index (χ3n) is 5.30. The molecular weight excluding hydrogens is 382 g/mol. The average molecular weight is 407 g/mol. The minimum Gasteiger partial charge on any atom is -0.347 e. The van der Waals surface area contributed by atoms with Crippen LogP contribution in [0.15, 0.2) is 30.3 Å². The zero-order chi connectivity index (χ0) is 20.4. The Morgan fingerprint density at radius 1 is 1.04 bits per heavy atom. The third-order valence-corrected chi connectivity index (χ3v) is 6.91. The van der Waals surface area contributed by atoms with E-state index in [4.69, 9.17) is 0 Å². The molecule has 8 nitrogen and oxygen atoms in total. The lowest BCUT2D eigenvalue weighted by molar-refractivity contribution is -0.160. The Bertz CT molecular complexity index is 849. The van der Waals surface area contributed by atoms with Crippen LogP contribution in [0.4, 0.5) is 0 Å². The van der Waals surface area contributed by atoms with Gasteiger partial charge in [0.25, 0.3) is 0 Å². The summed E-state index contributed by atoms with van der Waals surface area (Å²) in [7, 11) is -3.08. The zero-order valence-electron chi connectivity index (χ0n) is 15.9. The fraction of sp³-hybridized carbons (Fsp3) is 0.526. The Balaban J connectivity index is 1.72. The van der Waals surface area contributed by atoms with Crippen molar-refractivity contribution in [3.05, 3.63) is 35.9 Å². The van der Waals surface area contributed by atoms with E-state index in [1.807, 2.05) is 30.3 Å². The van der Waals surface area contributed by atoms with Gasteiger partial charge in [-0.2, -0.15) is 0 Å². The number of nitrogens with zero attached hydrogens (tertiary/aromatic N) is 2. The Morgan fingerprint density at radius 3 is 2.21 bits per heavy atom. The highest BCUT2D eigenvalue weighted by molar-refractivity contribution is 7.91.